The fraction of sp³-hybridized carbons (Fsp3) is 0.500. The van der Waals surface area contributed by atoms with Crippen molar-refractivity contribution >= 4 is 23.9 Å². The highest BCUT2D eigenvalue weighted by Crippen LogP contribution is 2.03. The van der Waals surface area contributed by atoms with Gasteiger partial charge in [0.15, 0.2) is 0 Å². The Morgan fingerprint density at radius 3 is 2.41 bits per heavy atom. The van der Waals surface area contributed by atoms with E-state index in [9.17, 15) is 19.2 Å². The van der Waals surface area contributed by atoms with Gasteiger partial charge in [-0.15, -0.1) is 0 Å². The van der Waals surface area contributed by atoms with Crippen molar-refractivity contribution in [3.8, 4) is 0 Å². The average molecular weight is 408 g/mol. The average Bonchev–Trinajstić information content (AvgIpc) is 2.69. The SMILES string of the molecule is CCOC(=O)C[C@@H](NC(=O)CCCCCNC(=O)OCc1ccccc1)C(=O)O. The summed E-state index contributed by atoms with van der Waals surface area (Å²) in [5.41, 5.74) is 0.899. The van der Waals surface area contributed by atoms with Crippen LogP contribution in [0.4, 0.5) is 4.79 Å². The molecule has 9 heteroatoms. The number of hydrogen-bond acceptors (Lipinski definition) is 6. The van der Waals surface area contributed by atoms with Gasteiger partial charge in [-0.25, -0.2) is 9.59 Å². The van der Waals surface area contributed by atoms with E-state index in [1.807, 2.05) is 30.3 Å². The second-order valence-electron chi connectivity index (χ2n) is 6.27. The Morgan fingerprint density at radius 1 is 1.03 bits per heavy atom. The zero-order valence-corrected chi connectivity index (χ0v) is 16.5. The van der Waals surface area contributed by atoms with E-state index >= 15 is 0 Å². The smallest absolute Gasteiger partial charge is 0.407 e. The molecule has 0 aliphatic heterocycles. The molecule has 160 valence electrons. The maximum atomic E-state index is 11.8. The number of hydrogen-bond donors (Lipinski definition) is 3. The van der Waals surface area contributed by atoms with E-state index in [-0.39, 0.29) is 19.6 Å². The van der Waals surface area contributed by atoms with Crippen LogP contribution in [0.5, 0.6) is 0 Å². The van der Waals surface area contributed by atoms with Crippen molar-refractivity contribution in [1.29, 1.82) is 0 Å². The molecule has 0 fully saturated rings. The highest BCUT2D eigenvalue weighted by atomic mass is 16.5. The summed E-state index contributed by atoms with van der Waals surface area (Å²) in [5, 5.41) is 14.0. The molecule has 0 radical (unpaired) electrons. The molecular formula is C20H28N2O7. The van der Waals surface area contributed by atoms with E-state index in [1.165, 1.54) is 0 Å². The summed E-state index contributed by atoms with van der Waals surface area (Å²) in [4.78, 5) is 45.9. The number of carbonyl (C=O) groups is 4. The molecule has 0 saturated carbocycles. The zero-order chi connectivity index (χ0) is 21.5. The van der Waals surface area contributed by atoms with E-state index < -0.39 is 36.4 Å². The summed E-state index contributed by atoms with van der Waals surface area (Å²) in [5.74, 6) is -2.41. The Kier molecular flexibility index (Phi) is 11.5. The number of amides is 2. The summed E-state index contributed by atoms with van der Waals surface area (Å²) in [6, 6.07) is 8.03. The van der Waals surface area contributed by atoms with Crippen LogP contribution in [0.1, 0.15) is 44.6 Å². The first-order chi connectivity index (χ1) is 13.9. The third-order valence-corrected chi connectivity index (χ3v) is 3.87. The highest BCUT2D eigenvalue weighted by molar-refractivity contribution is 5.87. The van der Waals surface area contributed by atoms with Gasteiger partial charge in [-0.1, -0.05) is 36.8 Å². The normalized spacial score (nSPS) is 11.2. The molecule has 0 heterocycles. The van der Waals surface area contributed by atoms with Gasteiger partial charge >= 0.3 is 18.0 Å². The minimum Gasteiger partial charge on any atom is -0.480 e. The minimum absolute atomic E-state index is 0.130. The number of rotatable bonds is 13. The van der Waals surface area contributed by atoms with Gasteiger partial charge in [0, 0.05) is 13.0 Å². The molecule has 1 aromatic rings. The molecule has 0 aromatic heterocycles. The Morgan fingerprint density at radius 2 is 1.76 bits per heavy atom. The molecule has 9 nitrogen and oxygen atoms in total. The van der Waals surface area contributed by atoms with Crippen molar-refractivity contribution < 1.29 is 33.8 Å². The Labute approximate surface area is 169 Å². The van der Waals surface area contributed by atoms with Gasteiger partial charge in [0.2, 0.25) is 5.91 Å². The molecule has 0 spiro atoms. The second kappa shape index (κ2) is 14.0. The summed E-state index contributed by atoms with van der Waals surface area (Å²) in [7, 11) is 0. The number of ether oxygens (including phenoxy) is 2. The van der Waals surface area contributed by atoms with Gasteiger partial charge in [-0.05, 0) is 25.3 Å². The van der Waals surface area contributed by atoms with Crippen LogP contribution in [-0.2, 0) is 30.5 Å². The summed E-state index contributed by atoms with van der Waals surface area (Å²) < 4.78 is 9.77. The largest absolute Gasteiger partial charge is 0.480 e. The summed E-state index contributed by atoms with van der Waals surface area (Å²) in [6.07, 6.45) is 1.06. The lowest BCUT2D eigenvalue weighted by Gasteiger charge is -2.13. The van der Waals surface area contributed by atoms with Crippen molar-refractivity contribution in [2.45, 2.75) is 51.7 Å². The maximum Gasteiger partial charge on any atom is 0.407 e. The van der Waals surface area contributed by atoms with Crippen LogP contribution in [0.3, 0.4) is 0 Å². The van der Waals surface area contributed by atoms with Crippen LogP contribution in [0, 0.1) is 0 Å². The first kappa shape index (κ1) is 23.9. The van der Waals surface area contributed by atoms with E-state index in [1.54, 1.807) is 6.92 Å². The van der Waals surface area contributed by atoms with Crippen LogP contribution in [0.15, 0.2) is 30.3 Å². The van der Waals surface area contributed by atoms with Crippen LogP contribution in [0.25, 0.3) is 0 Å². The summed E-state index contributed by atoms with van der Waals surface area (Å²) in [6.45, 7) is 2.37. The fourth-order valence-corrected chi connectivity index (χ4v) is 2.41. The Hall–Kier alpha value is -3.10. The van der Waals surface area contributed by atoms with Crippen molar-refractivity contribution in [1.82, 2.24) is 10.6 Å². The van der Waals surface area contributed by atoms with Crippen molar-refractivity contribution in [3.05, 3.63) is 35.9 Å². The zero-order valence-electron chi connectivity index (χ0n) is 16.5. The maximum absolute atomic E-state index is 11.8. The topological polar surface area (TPSA) is 131 Å². The van der Waals surface area contributed by atoms with Gasteiger partial charge in [0.05, 0.1) is 13.0 Å². The van der Waals surface area contributed by atoms with Crippen LogP contribution in [-0.4, -0.2) is 48.2 Å². The van der Waals surface area contributed by atoms with Crippen LogP contribution in [0.2, 0.25) is 0 Å². The van der Waals surface area contributed by atoms with Crippen molar-refractivity contribution in [2.75, 3.05) is 13.2 Å². The van der Waals surface area contributed by atoms with Gasteiger partial charge < -0.3 is 25.2 Å². The first-order valence-electron chi connectivity index (χ1n) is 9.54. The van der Waals surface area contributed by atoms with Crippen LogP contribution < -0.4 is 10.6 Å². The van der Waals surface area contributed by atoms with Crippen molar-refractivity contribution in [2.24, 2.45) is 0 Å². The van der Waals surface area contributed by atoms with Crippen LogP contribution >= 0.6 is 0 Å². The molecule has 3 N–H and O–H groups in total. The predicted molar refractivity (Wildman–Crippen MR) is 104 cm³/mol. The minimum atomic E-state index is -1.30. The monoisotopic (exact) mass is 408 g/mol. The molecule has 29 heavy (non-hydrogen) atoms. The Balaban J connectivity index is 2.12. The molecule has 0 saturated heterocycles. The van der Waals surface area contributed by atoms with Gasteiger partial charge in [-0.2, -0.15) is 0 Å². The summed E-state index contributed by atoms with van der Waals surface area (Å²) >= 11 is 0. The van der Waals surface area contributed by atoms with Gasteiger partial charge in [0.1, 0.15) is 12.6 Å². The lowest BCUT2D eigenvalue weighted by molar-refractivity contribution is -0.150. The van der Waals surface area contributed by atoms with Gasteiger partial charge in [0.25, 0.3) is 0 Å². The Bertz CT molecular complexity index is 664. The molecule has 0 unspecified atom stereocenters. The fourth-order valence-electron chi connectivity index (χ4n) is 2.41. The third-order valence-electron chi connectivity index (χ3n) is 3.87. The molecule has 2 amide bonds. The number of esters is 1. The van der Waals surface area contributed by atoms with E-state index in [4.69, 9.17) is 14.6 Å². The second-order valence-corrected chi connectivity index (χ2v) is 6.27. The van der Waals surface area contributed by atoms with Gasteiger partial charge in [-0.3, -0.25) is 9.59 Å². The number of aliphatic carboxylic acids is 1. The number of carbonyl (C=O) groups excluding carboxylic acids is 3. The number of carboxylic acids is 1. The standard InChI is InChI=1S/C20H28N2O7/c1-2-28-18(24)13-16(19(25)26)22-17(23)11-7-4-8-12-21-20(27)29-14-15-9-5-3-6-10-15/h3,5-6,9-10,16H,2,4,7-8,11-14H2,1H3,(H,21,27)(H,22,23)(H,25,26)/t16-/m1/s1. The number of unbranched alkanes of at least 4 members (excludes halogenated alkanes) is 2. The van der Waals surface area contributed by atoms with E-state index in [2.05, 4.69) is 10.6 Å². The number of nitrogens with one attached hydrogen (secondary N) is 2. The molecule has 0 aliphatic rings. The predicted octanol–water partition coefficient (Wildman–Crippen LogP) is 2.00. The van der Waals surface area contributed by atoms with Crippen molar-refractivity contribution in [3.63, 3.8) is 0 Å². The molecule has 1 atom stereocenters. The molecule has 1 rings (SSSR count). The molecule has 0 aliphatic carbocycles. The first-order valence-corrected chi connectivity index (χ1v) is 9.54. The number of benzene rings is 1. The van der Waals surface area contributed by atoms with E-state index in [0.29, 0.717) is 25.8 Å². The molecule has 0 bridgehead atoms. The lowest BCUT2D eigenvalue weighted by atomic mass is 10.1. The van der Waals surface area contributed by atoms with E-state index in [0.717, 1.165) is 5.56 Å². The molecule has 1 aromatic carbocycles. The lowest BCUT2D eigenvalue weighted by Crippen LogP contribution is -2.42. The highest BCUT2D eigenvalue weighted by Gasteiger charge is 2.23. The molecular weight excluding hydrogens is 380 g/mol. The number of alkyl carbamates (subject to hydrolysis) is 1. The number of carboxylic acid groups (broad SMARTS) is 1. The quantitative estimate of drug-likeness (QED) is 0.336. The third kappa shape index (κ3) is 11.4.